The molecule has 0 saturated heterocycles. The lowest BCUT2D eigenvalue weighted by Crippen LogP contribution is -2.34. The van der Waals surface area contributed by atoms with E-state index in [1.54, 1.807) is 11.3 Å². The molecular formula is C11H18N2OS. The summed E-state index contributed by atoms with van der Waals surface area (Å²) in [6.45, 7) is 5.90. The van der Waals surface area contributed by atoms with Gasteiger partial charge in [-0.2, -0.15) is 0 Å². The lowest BCUT2D eigenvalue weighted by Gasteiger charge is -2.23. The van der Waals surface area contributed by atoms with Crippen LogP contribution in [0, 0.1) is 0 Å². The summed E-state index contributed by atoms with van der Waals surface area (Å²) in [5.74, 6) is -0.253. The van der Waals surface area contributed by atoms with Crippen molar-refractivity contribution in [2.75, 3.05) is 13.1 Å². The quantitative estimate of drug-likeness (QED) is 0.722. The van der Waals surface area contributed by atoms with E-state index >= 15 is 0 Å². The first kappa shape index (κ1) is 12.2. The Morgan fingerprint density at radius 2 is 2.33 bits per heavy atom. The van der Waals surface area contributed by atoms with Crippen molar-refractivity contribution in [1.82, 2.24) is 5.32 Å². The van der Waals surface area contributed by atoms with Gasteiger partial charge in [-0.1, -0.05) is 19.9 Å². The van der Waals surface area contributed by atoms with Crippen LogP contribution in [-0.4, -0.2) is 19.0 Å². The van der Waals surface area contributed by atoms with E-state index in [0.29, 0.717) is 13.0 Å². The van der Waals surface area contributed by atoms with Crippen LogP contribution in [0.5, 0.6) is 0 Å². The van der Waals surface area contributed by atoms with Crippen LogP contribution in [-0.2, 0) is 10.2 Å². The van der Waals surface area contributed by atoms with Gasteiger partial charge < -0.3 is 11.1 Å². The maximum Gasteiger partial charge on any atom is 0.218 e. The Labute approximate surface area is 94.7 Å². The van der Waals surface area contributed by atoms with Crippen LogP contribution in [0.2, 0.25) is 0 Å². The van der Waals surface area contributed by atoms with E-state index in [0.717, 1.165) is 6.54 Å². The summed E-state index contributed by atoms with van der Waals surface area (Å²) in [7, 11) is 0. The fourth-order valence-corrected chi connectivity index (χ4v) is 2.22. The van der Waals surface area contributed by atoms with Gasteiger partial charge in [0.25, 0.3) is 0 Å². The fourth-order valence-electron chi connectivity index (χ4n) is 1.36. The van der Waals surface area contributed by atoms with Crippen molar-refractivity contribution in [3.05, 3.63) is 22.4 Å². The van der Waals surface area contributed by atoms with E-state index in [-0.39, 0.29) is 11.3 Å². The number of carbonyl (C=O) groups excluding carboxylic acids is 1. The van der Waals surface area contributed by atoms with Crippen LogP contribution in [0.25, 0.3) is 0 Å². The van der Waals surface area contributed by atoms with Gasteiger partial charge in [-0.05, 0) is 11.4 Å². The number of carbonyl (C=O) groups is 1. The minimum absolute atomic E-state index is 0.117. The van der Waals surface area contributed by atoms with Gasteiger partial charge >= 0.3 is 0 Å². The topological polar surface area (TPSA) is 55.1 Å². The number of nitrogens with one attached hydrogen (secondary N) is 1. The molecular weight excluding hydrogens is 208 g/mol. The average molecular weight is 226 g/mol. The molecule has 0 aliphatic heterocycles. The van der Waals surface area contributed by atoms with Gasteiger partial charge in [0.15, 0.2) is 0 Å². The zero-order chi connectivity index (χ0) is 11.3. The van der Waals surface area contributed by atoms with Crippen molar-refractivity contribution in [3.63, 3.8) is 0 Å². The molecule has 0 atom stereocenters. The number of rotatable bonds is 6. The second-order valence-corrected chi connectivity index (χ2v) is 5.20. The zero-order valence-electron chi connectivity index (χ0n) is 9.25. The highest BCUT2D eigenvalue weighted by molar-refractivity contribution is 7.10. The Balaban J connectivity index is 2.34. The van der Waals surface area contributed by atoms with Crippen LogP contribution >= 0.6 is 11.3 Å². The lowest BCUT2D eigenvalue weighted by atomic mass is 9.91. The Hall–Kier alpha value is -0.870. The van der Waals surface area contributed by atoms with Crippen molar-refractivity contribution in [3.8, 4) is 0 Å². The van der Waals surface area contributed by atoms with Crippen LogP contribution in [0.1, 0.15) is 25.1 Å². The molecule has 15 heavy (non-hydrogen) atoms. The predicted molar refractivity (Wildman–Crippen MR) is 64.0 cm³/mol. The summed E-state index contributed by atoms with van der Waals surface area (Å²) in [6.07, 6.45) is 0.403. The molecule has 1 rings (SSSR count). The molecule has 0 saturated carbocycles. The third kappa shape index (κ3) is 4.01. The van der Waals surface area contributed by atoms with E-state index in [1.807, 2.05) is 0 Å². The summed E-state index contributed by atoms with van der Waals surface area (Å²) < 4.78 is 0. The van der Waals surface area contributed by atoms with E-state index < -0.39 is 0 Å². The first-order valence-electron chi connectivity index (χ1n) is 5.05. The number of amides is 1. The molecule has 0 radical (unpaired) electrons. The third-order valence-corrected chi connectivity index (χ3v) is 3.54. The SMILES string of the molecule is CC(C)(CNCCC(N)=O)c1cccs1. The molecule has 3 nitrogen and oxygen atoms in total. The Bertz CT molecular complexity index is 306. The highest BCUT2D eigenvalue weighted by atomic mass is 32.1. The summed E-state index contributed by atoms with van der Waals surface area (Å²) >= 11 is 1.76. The molecule has 0 spiro atoms. The molecule has 0 fully saturated rings. The van der Waals surface area contributed by atoms with Gasteiger partial charge in [-0.15, -0.1) is 11.3 Å². The van der Waals surface area contributed by atoms with E-state index in [9.17, 15) is 4.79 Å². The molecule has 84 valence electrons. The van der Waals surface area contributed by atoms with Crippen molar-refractivity contribution < 1.29 is 4.79 Å². The second-order valence-electron chi connectivity index (χ2n) is 4.25. The molecule has 1 heterocycles. The number of thiophene rings is 1. The molecule has 0 aliphatic carbocycles. The standard InChI is InChI=1S/C11H18N2OS/c1-11(2,9-4-3-7-15-9)8-13-6-5-10(12)14/h3-4,7,13H,5-6,8H2,1-2H3,(H2,12,14). The fraction of sp³-hybridized carbons (Fsp3) is 0.545. The number of primary amides is 1. The van der Waals surface area contributed by atoms with Crippen LogP contribution in [0.3, 0.4) is 0 Å². The van der Waals surface area contributed by atoms with Crippen molar-refractivity contribution in [2.24, 2.45) is 5.73 Å². The Morgan fingerprint density at radius 1 is 1.60 bits per heavy atom. The van der Waals surface area contributed by atoms with Gasteiger partial charge in [-0.25, -0.2) is 0 Å². The highest BCUT2D eigenvalue weighted by Crippen LogP contribution is 2.26. The molecule has 1 amide bonds. The minimum Gasteiger partial charge on any atom is -0.370 e. The van der Waals surface area contributed by atoms with E-state index in [4.69, 9.17) is 5.73 Å². The van der Waals surface area contributed by atoms with Crippen molar-refractivity contribution in [2.45, 2.75) is 25.7 Å². The van der Waals surface area contributed by atoms with Gasteiger partial charge in [0, 0.05) is 29.8 Å². The van der Waals surface area contributed by atoms with E-state index in [2.05, 4.69) is 36.7 Å². The molecule has 1 aromatic heterocycles. The molecule has 0 aromatic carbocycles. The molecule has 0 aliphatic rings. The van der Waals surface area contributed by atoms with Gasteiger partial charge in [0.2, 0.25) is 5.91 Å². The first-order valence-corrected chi connectivity index (χ1v) is 5.93. The molecule has 0 unspecified atom stereocenters. The molecule has 0 bridgehead atoms. The number of hydrogen-bond donors (Lipinski definition) is 2. The van der Waals surface area contributed by atoms with Gasteiger partial charge in [0.05, 0.1) is 0 Å². The summed E-state index contributed by atoms with van der Waals surface area (Å²) in [5, 5.41) is 5.33. The normalized spacial score (nSPS) is 11.6. The zero-order valence-corrected chi connectivity index (χ0v) is 10.1. The maximum atomic E-state index is 10.5. The third-order valence-electron chi connectivity index (χ3n) is 2.30. The maximum absolute atomic E-state index is 10.5. The Morgan fingerprint density at radius 3 is 2.87 bits per heavy atom. The lowest BCUT2D eigenvalue weighted by molar-refractivity contribution is -0.117. The van der Waals surface area contributed by atoms with E-state index in [1.165, 1.54) is 4.88 Å². The second kappa shape index (κ2) is 5.28. The largest absolute Gasteiger partial charge is 0.370 e. The first-order chi connectivity index (χ1) is 7.02. The molecule has 1 aromatic rings. The highest BCUT2D eigenvalue weighted by Gasteiger charge is 2.20. The molecule has 4 heteroatoms. The van der Waals surface area contributed by atoms with Crippen molar-refractivity contribution in [1.29, 1.82) is 0 Å². The van der Waals surface area contributed by atoms with Gasteiger partial charge in [0.1, 0.15) is 0 Å². The average Bonchev–Trinajstić information content (AvgIpc) is 2.65. The van der Waals surface area contributed by atoms with Crippen LogP contribution < -0.4 is 11.1 Å². The smallest absolute Gasteiger partial charge is 0.218 e. The Kier molecular flexibility index (Phi) is 4.29. The summed E-state index contributed by atoms with van der Waals surface area (Å²) in [6, 6.07) is 4.20. The minimum atomic E-state index is -0.253. The monoisotopic (exact) mass is 226 g/mol. The molecule has 3 N–H and O–H groups in total. The number of nitrogens with two attached hydrogens (primary N) is 1. The van der Waals surface area contributed by atoms with Gasteiger partial charge in [-0.3, -0.25) is 4.79 Å². The van der Waals surface area contributed by atoms with Crippen molar-refractivity contribution >= 4 is 17.2 Å². The van der Waals surface area contributed by atoms with Crippen LogP contribution in [0.15, 0.2) is 17.5 Å². The number of hydrogen-bond acceptors (Lipinski definition) is 3. The predicted octanol–water partition coefficient (Wildman–Crippen LogP) is 1.49. The summed E-state index contributed by atoms with van der Waals surface area (Å²) in [4.78, 5) is 11.9. The summed E-state index contributed by atoms with van der Waals surface area (Å²) in [5.41, 5.74) is 5.18. The van der Waals surface area contributed by atoms with Crippen LogP contribution in [0.4, 0.5) is 0 Å².